The number of aromatic nitrogens is 1. The lowest BCUT2D eigenvalue weighted by Gasteiger charge is -2.20. The largest absolute Gasteiger partial charge is 0.302 e. The fourth-order valence-electron chi connectivity index (χ4n) is 2.41. The molecular weight excluding hydrogens is 324 g/mol. The van der Waals surface area contributed by atoms with Gasteiger partial charge in [-0.05, 0) is 37.3 Å². The lowest BCUT2D eigenvalue weighted by molar-refractivity contribution is 0.0984. The fourth-order valence-corrected chi connectivity index (χ4v) is 4.09. The summed E-state index contributed by atoms with van der Waals surface area (Å²) in [5.74, 6) is -0.382. The maximum absolute atomic E-state index is 12.8. The Morgan fingerprint density at radius 1 is 1.27 bits per heavy atom. The van der Waals surface area contributed by atoms with Crippen molar-refractivity contribution in [3.05, 3.63) is 59.4 Å². The summed E-state index contributed by atoms with van der Waals surface area (Å²) in [5, 5.41) is 0.374. The van der Waals surface area contributed by atoms with Crippen LogP contribution in [-0.4, -0.2) is 24.8 Å². The smallest absolute Gasteiger partial charge is 0.276 e. The monoisotopic (exact) mass is 336 g/mol. The molecule has 5 nitrogen and oxygen atoms in total. The Balaban J connectivity index is 2.35. The molecule has 0 saturated heterocycles. The lowest BCUT2D eigenvalue weighted by atomic mass is 10.2. The number of carbonyl (C=O) groups excluding carboxylic acids is 1. The van der Waals surface area contributed by atoms with E-state index in [1.807, 2.05) is 6.92 Å². The molecule has 0 radical (unpaired) electrons. The minimum absolute atomic E-state index is 0.0599. The van der Waals surface area contributed by atoms with E-state index in [0.717, 1.165) is 3.97 Å². The number of amides is 1. The number of hydrogen-bond acceptors (Lipinski definition) is 3. The first-order valence-corrected chi connectivity index (χ1v) is 8.44. The van der Waals surface area contributed by atoms with Gasteiger partial charge in [0.15, 0.2) is 0 Å². The van der Waals surface area contributed by atoms with Crippen LogP contribution in [0.5, 0.6) is 0 Å². The normalized spacial score (nSPS) is 16.5. The van der Waals surface area contributed by atoms with Gasteiger partial charge in [0.2, 0.25) is 0 Å². The topological polar surface area (TPSA) is 59.4 Å². The SMILES string of the molecule is C/C=C\CN1C(=O)c2cccn2S(=O)(=O)c2ccc(Cl)cc21. The third-order valence-corrected chi connectivity index (χ3v) is 5.42. The summed E-state index contributed by atoms with van der Waals surface area (Å²) in [6.07, 6.45) is 4.96. The maximum atomic E-state index is 12.8. The number of nitrogens with zero attached hydrogens (tertiary/aromatic N) is 2. The highest BCUT2D eigenvalue weighted by atomic mass is 35.5. The van der Waals surface area contributed by atoms with E-state index < -0.39 is 10.0 Å². The summed E-state index contributed by atoms with van der Waals surface area (Å²) in [6.45, 7) is 2.10. The molecule has 22 heavy (non-hydrogen) atoms. The minimum Gasteiger partial charge on any atom is -0.302 e. The lowest BCUT2D eigenvalue weighted by Crippen LogP contribution is -2.31. The number of anilines is 1. The van der Waals surface area contributed by atoms with Crippen molar-refractivity contribution in [1.29, 1.82) is 0 Å². The molecule has 0 aliphatic carbocycles. The number of carbonyl (C=O) groups is 1. The van der Waals surface area contributed by atoms with Gasteiger partial charge in [-0.15, -0.1) is 0 Å². The van der Waals surface area contributed by atoms with Gasteiger partial charge in [-0.2, -0.15) is 0 Å². The highest BCUT2D eigenvalue weighted by Crippen LogP contribution is 2.34. The number of halogens is 1. The molecule has 2 heterocycles. The van der Waals surface area contributed by atoms with Crippen molar-refractivity contribution in [1.82, 2.24) is 3.97 Å². The first-order valence-electron chi connectivity index (χ1n) is 6.62. The van der Waals surface area contributed by atoms with Crippen molar-refractivity contribution in [3.8, 4) is 0 Å². The number of benzene rings is 1. The maximum Gasteiger partial charge on any atom is 0.276 e. The van der Waals surface area contributed by atoms with Crippen molar-refractivity contribution in [3.63, 3.8) is 0 Å². The van der Waals surface area contributed by atoms with Crippen molar-refractivity contribution in [2.75, 3.05) is 11.4 Å². The van der Waals surface area contributed by atoms with E-state index in [1.165, 1.54) is 35.4 Å². The van der Waals surface area contributed by atoms with Gasteiger partial charge in [-0.25, -0.2) is 12.4 Å². The molecule has 1 amide bonds. The molecule has 1 aliphatic heterocycles. The molecule has 0 saturated carbocycles. The zero-order chi connectivity index (χ0) is 15.9. The second-order valence-corrected chi connectivity index (χ2v) is 7.01. The van der Waals surface area contributed by atoms with Gasteiger partial charge in [0.05, 0.1) is 5.69 Å². The van der Waals surface area contributed by atoms with Crippen molar-refractivity contribution in [2.45, 2.75) is 11.8 Å². The van der Waals surface area contributed by atoms with Gasteiger partial charge in [0, 0.05) is 17.8 Å². The van der Waals surface area contributed by atoms with E-state index in [2.05, 4.69) is 0 Å². The van der Waals surface area contributed by atoms with E-state index in [1.54, 1.807) is 18.2 Å². The van der Waals surface area contributed by atoms with Crippen LogP contribution < -0.4 is 4.90 Å². The quantitative estimate of drug-likeness (QED) is 0.792. The number of allylic oxidation sites excluding steroid dienone is 1. The fraction of sp³-hybridized carbons (Fsp3) is 0.133. The Labute approximate surface area is 133 Å². The summed E-state index contributed by atoms with van der Waals surface area (Å²) < 4.78 is 26.6. The van der Waals surface area contributed by atoms with Gasteiger partial charge in [-0.1, -0.05) is 23.8 Å². The first-order chi connectivity index (χ1) is 10.5. The molecule has 0 bridgehead atoms. The molecule has 0 atom stereocenters. The molecule has 1 aliphatic rings. The second kappa shape index (κ2) is 5.30. The molecule has 0 unspecified atom stereocenters. The van der Waals surface area contributed by atoms with Crippen LogP contribution in [0.25, 0.3) is 0 Å². The van der Waals surface area contributed by atoms with Crippen LogP contribution in [0.2, 0.25) is 5.02 Å². The predicted octanol–water partition coefficient (Wildman–Crippen LogP) is 2.91. The van der Waals surface area contributed by atoms with Crippen LogP contribution in [0.1, 0.15) is 17.4 Å². The number of rotatable bonds is 2. The Kier molecular flexibility index (Phi) is 3.58. The van der Waals surface area contributed by atoms with Crippen LogP contribution in [0.4, 0.5) is 5.69 Å². The molecule has 7 heteroatoms. The third-order valence-electron chi connectivity index (χ3n) is 3.45. The highest BCUT2D eigenvalue weighted by molar-refractivity contribution is 7.90. The summed E-state index contributed by atoms with van der Waals surface area (Å²) in [6, 6.07) is 7.47. The summed E-state index contributed by atoms with van der Waals surface area (Å²) >= 11 is 6.00. The zero-order valence-corrected chi connectivity index (χ0v) is 13.3. The zero-order valence-electron chi connectivity index (χ0n) is 11.7. The van der Waals surface area contributed by atoms with Crippen LogP contribution >= 0.6 is 11.6 Å². The first kappa shape index (κ1) is 14.9. The van der Waals surface area contributed by atoms with Crippen LogP contribution in [0.15, 0.2) is 53.6 Å². The standard InChI is InChI=1S/C15H13ClN2O3S/c1-2-3-8-17-13-10-11(16)6-7-14(13)22(20,21)18-9-4-5-12(18)15(17)19/h2-7,9-10H,8H2,1H3/b3-2-. The Bertz CT molecular complexity index is 884. The van der Waals surface area contributed by atoms with Crippen LogP contribution in [-0.2, 0) is 10.0 Å². The predicted molar refractivity (Wildman–Crippen MR) is 85.0 cm³/mol. The van der Waals surface area contributed by atoms with Crippen LogP contribution in [0, 0.1) is 0 Å². The van der Waals surface area contributed by atoms with Crippen molar-refractivity contribution >= 4 is 33.2 Å². The minimum atomic E-state index is -3.83. The molecular formula is C15H13ClN2O3S. The average Bonchev–Trinajstić information content (AvgIpc) is 2.95. The van der Waals surface area contributed by atoms with Gasteiger partial charge in [-0.3, -0.25) is 4.79 Å². The summed E-state index contributed by atoms with van der Waals surface area (Å²) in [5.41, 5.74) is 0.399. The van der Waals surface area contributed by atoms with Crippen LogP contribution in [0.3, 0.4) is 0 Å². The van der Waals surface area contributed by atoms with Gasteiger partial charge in [0.1, 0.15) is 10.6 Å². The van der Waals surface area contributed by atoms with E-state index >= 15 is 0 Å². The average molecular weight is 337 g/mol. The summed E-state index contributed by atoms with van der Waals surface area (Å²) in [7, 11) is -3.83. The molecule has 1 aromatic heterocycles. The molecule has 2 aromatic rings. The third kappa shape index (κ3) is 2.15. The van der Waals surface area contributed by atoms with Gasteiger partial charge in [0.25, 0.3) is 15.9 Å². The highest BCUT2D eigenvalue weighted by Gasteiger charge is 2.34. The molecule has 1 aromatic carbocycles. The Morgan fingerprint density at radius 2 is 2.05 bits per heavy atom. The van der Waals surface area contributed by atoms with Crippen molar-refractivity contribution in [2.24, 2.45) is 0 Å². The second-order valence-electron chi connectivity index (χ2n) is 4.79. The molecule has 0 fully saturated rings. The van der Waals surface area contributed by atoms with Gasteiger partial charge >= 0.3 is 0 Å². The molecule has 0 N–H and O–H groups in total. The Hall–Kier alpha value is -2.05. The van der Waals surface area contributed by atoms with E-state index in [4.69, 9.17) is 11.6 Å². The van der Waals surface area contributed by atoms with Gasteiger partial charge < -0.3 is 4.90 Å². The van der Waals surface area contributed by atoms with E-state index in [9.17, 15) is 13.2 Å². The summed E-state index contributed by atoms with van der Waals surface area (Å²) in [4.78, 5) is 14.2. The molecule has 114 valence electrons. The number of hydrogen-bond donors (Lipinski definition) is 0. The Morgan fingerprint density at radius 3 is 2.77 bits per heavy atom. The van der Waals surface area contributed by atoms with E-state index in [0.29, 0.717) is 10.7 Å². The molecule has 3 rings (SSSR count). The van der Waals surface area contributed by atoms with E-state index in [-0.39, 0.29) is 23.0 Å². The molecule has 0 spiro atoms. The number of fused-ring (bicyclic) bond motifs is 2. The van der Waals surface area contributed by atoms with Crippen molar-refractivity contribution < 1.29 is 13.2 Å².